The van der Waals surface area contributed by atoms with Crippen LogP contribution in [0.2, 0.25) is 0 Å². The number of methoxy groups -OCH3 is 1. The van der Waals surface area contributed by atoms with Crippen LogP contribution in [0.15, 0.2) is 18.2 Å². The number of aryl methyl sites for hydroxylation is 1. The number of fused-ring (bicyclic) bond motifs is 1. The second kappa shape index (κ2) is 3.88. The molecule has 1 unspecified atom stereocenters. The fraction of sp³-hybridized carbons (Fsp3) is 0.455. The van der Waals surface area contributed by atoms with E-state index in [1.54, 1.807) is 7.11 Å². The highest BCUT2D eigenvalue weighted by Crippen LogP contribution is 2.30. The average Bonchev–Trinajstić information content (AvgIpc) is 2.27. The molecule has 0 saturated carbocycles. The number of benzene rings is 1. The lowest BCUT2D eigenvalue weighted by Gasteiger charge is -2.24. The summed E-state index contributed by atoms with van der Waals surface area (Å²) in [6, 6.07) is 5.76. The van der Waals surface area contributed by atoms with E-state index in [2.05, 4.69) is 0 Å². The van der Waals surface area contributed by atoms with Crippen molar-refractivity contribution in [2.24, 2.45) is 0 Å². The van der Waals surface area contributed by atoms with Crippen molar-refractivity contribution in [2.75, 3.05) is 13.7 Å². The summed E-state index contributed by atoms with van der Waals surface area (Å²) in [6.45, 7) is 0.0888. The second-order valence-electron chi connectivity index (χ2n) is 3.43. The van der Waals surface area contributed by atoms with E-state index in [0.29, 0.717) is 0 Å². The minimum absolute atomic E-state index is 0.0455. The van der Waals surface area contributed by atoms with E-state index in [9.17, 15) is 0 Å². The molecule has 1 aliphatic heterocycles. The van der Waals surface area contributed by atoms with Gasteiger partial charge in [-0.15, -0.1) is 0 Å². The van der Waals surface area contributed by atoms with Gasteiger partial charge in [-0.1, -0.05) is 0 Å². The molecule has 0 bridgehead atoms. The maximum Gasteiger partial charge on any atom is 0.123 e. The zero-order valence-corrected chi connectivity index (χ0v) is 8.19. The summed E-state index contributed by atoms with van der Waals surface area (Å²) in [5.41, 5.74) is 1.16. The first-order valence-electron chi connectivity index (χ1n) is 4.78. The maximum atomic E-state index is 8.97. The van der Waals surface area contributed by atoms with Gasteiger partial charge in [-0.2, -0.15) is 0 Å². The van der Waals surface area contributed by atoms with Crippen molar-refractivity contribution in [2.45, 2.75) is 18.9 Å². The third-order valence-electron chi connectivity index (χ3n) is 2.50. The van der Waals surface area contributed by atoms with Crippen LogP contribution in [0.3, 0.4) is 0 Å². The third-order valence-corrected chi connectivity index (χ3v) is 2.50. The van der Waals surface area contributed by atoms with Crippen LogP contribution in [-0.4, -0.2) is 24.9 Å². The Morgan fingerprint density at radius 3 is 3.14 bits per heavy atom. The summed E-state index contributed by atoms with van der Waals surface area (Å²) < 4.78 is 10.7. The number of hydrogen-bond donors (Lipinski definition) is 1. The zero-order valence-electron chi connectivity index (χ0n) is 8.19. The van der Waals surface area contributed by atoms with E-state index in [1.807, 2.05) is 18.2 Å². The van der Waals surface area contributed by atoms with Gasteiger partial charge in [-0.25, -0.2) is 0 Å². The molecule has 0 fully saturated rings. The van der Waals surface area contributed by atoms with Gasteiger partial charge in [0.2, 0.25) is 0 Å². The van der Waals surface area contributed by atoms with Crippen molar-refractivity contribution in [3.63, 3.8) is 0 Å². The van der Waals surface area contributed by atoms with Crippen LogP contribution in [0.1, 0.15) is 12.0 Å². The van der Waals surface area contributed by atoms with E-state index in [1.165, 1.54) is 0 Å². The molecule has 1 aromatic carbocycles. The quantitative estimate of drug-likeness (QED) is 0.773. The topological polar surface area (TPSA) is 38.7 Å². The van der Waals surface area contributed by atoms with Gasteiger partial charge in [-0.05, 0) is 36.6 Å². The van der Waals surface area contributed by atoms with Gasteiger partial charge in [0.15, 0.2) is 0 Å². The van der Waals surface area contributed by atoms with Crippen molar-refractivity contribution in [1.29, 1.82) is 0 Å². The number of hydrogen-bond acceptors (Lipinski definition) is 3. The number of aliphatic hydroxyl groups excluding tert-OH is 1. The Labute approximate surface area is 83.3 Å². The molecule has 2 rings (SSSR count). The Morgan fingerprint density at radius 2 is 2.43 bits per heavy atom. The van der Waals surface area contributed by atoms with E-state index in [0.717, 1.165) is 29.9 Å². The van der Waals surface area contributed by atoms with Gasteiger partial charge >= 0.3 is 0 Å². The monoisotopic (exact) mass is 194 g/mol. The first kappa shape index (κ1) is 9.34. The van der Waals surface area contributed by atoms with Crippen molar-refractivity contribution in [3.05, 3.63) is 23.8 Å². The highest BCUT2D eigenvalue weighted by molar-refractivity contribution is 5.41. The summed E-state index contributed by atoms with van der Waals surface area (Å²) in [6.07, 6.45) is 1.77. The maximum absolute atomic E-state index is 8.97. The fourth-order valence-corrected chi connectivity index (χ4v) is 1.68. The standard InChI is InChI=1S/C11H14O3/c1-13-9-4-5-11-8(6-9)2-3-10(7-12)14-11/h4-6,10,12H,2-3,7H2,1H3. The van der Waals surface area contributed by atoms with Crippen LogP contribution in [0.25, 0.3) is 0 Å². The Balaban J connectivity index is 2.23. The molecule has 1 atom stereocenters. The molecule has 0 radical (unpaired) electrons. The van der Waals surface area contributed by atoms with E-state index in [4.69, 9.17) is 14.6 Å². The molecule has 1 N–H and O–H groups in total. The molecule has 1 aromatic rings. The van der Waals surface area contributed by atoms with Crippen molar-refractivity contribution in [1.82, 2.24) is 0 Å². The van der Waals surface area contributed by atoms with Gasteiger partial charge in [-0.3, -0.25) is 0 Å². The van der Waals surface area contributed by atoms with Crippen LogP contribution < -0.4 is 9.47 Å². The third kappa shape index (κ3) is 1.68. The summed E-state index contributed by atoms with van der Waals surface area (Å²) in [7, 11) is 1.65. The SMILES string of the molecule is COc1ccc2c(c1)CCC(CO)O2. The summed E-state index contributed by atoms with van der Waals surface area (Å²) in [5, 5.41) is 8.97. The lowest BCUT2D eigenvalue weighted by atomic mass is 10.0. The first-order chi connectivity index (χ1) is 6.83. The molecule has 76 valence electrons. The van der Waals surface area contributed by atoms with Crippen molar-refractivity contribution < 1.29 is 14.6 Å². The van der Waals surface area contributed by atoms with Crippen molar-refractivity contribution in [3.8, 4) is 11.5 Å². The van der Waals surface area contributed by atoms with Crippen molar-refractivity contribution >= 4 is 0 Å². The minimum atomic E-state index is -0.0455. The van der Waals surface area contributed by atoms with Crippen LogP contribution in [0.5, 0.6) is 11.5 Å². The molecule has 0 aromatic heterocycles. The molecule has 0 saturated heterocycles. The number of rotatable bonds is 2. The van der Waals surface area contributed by atoms with Gasteiger partial charge < -0.3 is 14.6 Å². The molecule has 3 heteroatoms. The molecule has 0 aliphatic carbocycles. The highest BCUT2D eigenvalue weighted by Gasteiger charge is 2.18. The number of aliphatic hydroxyl groups is 1. The highest BCUT2D eigenvalue weighted by atomic mass is 16.5. The predicted octanol–water partition coefficient (Wildman–Crippen LogP) is 1.38. The lowest BCUT2D eigenvalue weighted by molar-refractivity contribution is 0.0977. The van der Waals surface area contributed by atoms with E-state index < -0.39 is 0 Å². The van der Waals surface area contributed by atoms with Crippen LogP contribution in [0.4, 0.5) is 0 Å². The summed E-state index contributed by atoms with van der Waals surface area (Å²) in [5.74, 6) is 1.73. The smallest absolute Gasteiger partial charge is 0.123 e. The molecule has 14 heavy (non-hydrogen) atoms. The Bertz CT molecular complexity index is 322. The Hall–Kier alpha value is -1.22. The van der Waals surface area contributed by atoms with E-state index in [-0.39, 0.29) is 12.7 Å². The second-order valence-corrected chi connectivity index (χ2v) is 3.43. The summed E-state index contributed by atoms with van der Waals surface area (Å²) >= 11 is 0. The van der Waals surface area contributed by atoms with Gasteiger partial charge in [0, 0.05) is 0 Å². The summed E-state index contributed by atoms with van der Waals surface area (Å²) in [4.78, 5) is 0. The van der Waals surface area contributed by atoms with Crippen LogP contribution in [0, 0.1) is 0 Å². The van der Waals surface area contributed by atoms with Crippen LogP contribution >= 0.6 is 0 Å². The molecule has 1 heterocycles. The zero-order chi connectivity index (χ0) is 9.97. The van der Waals surface area contributed by atoms with Crippen LogP contribution in [-0.2, 0) is 6.42 Å². The largest absolute Gasteiger partial charge is 0.497 e. The normalized spacial score (nSPS) is 19.7. The minimum Gasteiger partial charge on any atom is -0.497 e. The Kier molecular flexibility index (Phi) is 2.59. The molecule has 1 aliphatic rings. The lowest BCUT2D eigenvalue weighted by Crippen LogP contribution is -2.25. The molecular formula is C11H14O3. The molecule has 0 spiro atoms. The van der Waals surface area contributed by atoms with Gasteiger partial charge in [0.25, 0.3) is 0 Å². The molecular weight excluding hydrogens is 180 g/mol. The molecule has 0 amide bonds. The van der Waals surface area contributed by atoms with Gasteiger partial charge in [0.05, 0.1) is 13.7 Å². The molecule has 3 nitrogen and oxygen atoms in total. The Morgan fingerprint density at radius 1 is 1.57 bits per heavy atom. The van der Waals surface area contributed by atoms with E-state index >= 15 is 0 Å². The average molecular weight is 194 g/mol. The first-order valence-corrected chi connectivity index (χ1v) is 4.78. The predicted molar refractivity (Wildman–Crippen MR) is 52.8 cm³/mol. The number of ether oxygens (including phenoxy) is 2. The fourth-order valence-electron chi connectivity index (χ4n) is 1.68. The van der Waals surface area contributed by atoms with Gasteiger partial charge in [0.1, 0.15) is 17.6 Å².